The number of thiazole rings is 1. The predicted molar refractivity (Wildman–Crippen MR) is 94.2 cm³/mol. The zero-order chi connectivity index (χ0) is 16.3. The number of nitrogens with one attached hydrogen (secondary N) is 1. The Kier molecular flexibility index (Phi) is 5.56. The molecule has 3 heterocycles. The molecule has 3 rings (SSSR count). The van der Waals surface area contributed by atoms with Crippen LogP contribution in [0, 0.1) is 5.92 Å². The summed E-state index contributed by atoms with van der Waals surface area (Å²) in [5, 5.41) is 3.12. The lowest BCUT2D eigenvalue weighted by Crippen LogP contribution is -2.46. The Labute approximate surface area is 143 Å². The summed E-state index contributed by atoms with van der Waals surface area (Å²) in [6.07, 6.45) is 5.19. The summed E-state index contributed by atoms with van der Waals surface area (Å²) in [6, 6.07) is 0. The quantitative estimate of drug-likeness (QED) is 0.843. The Morgan fingerprint density at radius 3 is 2.83 bits per heavy atom. The van der Waals surface area contributed by atoms with E-state index in [0.29, 0.717) is 32.0 Å². The maximum absolute atomic E-state index is 12.3. The van der Waals surface area contributed by atoms with E-state index in [4.69, 9.17) is 0 Å². The fraction of sp³-hybridized carbons (Fsp3) is 0.800. The molecule has 2 saturated heterocycles. The second kappa shape index (κ2) is 7.46. The molecule has 0 spiro atoms. The lowest BCUT2D eigenvalue weighted by molar-refractivity contribution is 0.278. The van der Waals surface area contributed by atoms with Crippen LogP contribution in [0.2, 0.25) is 0 Å². The van der Waals surface area contributed by atoms with Gasteiger partial charge in [-0.15, -0.1) is 11.3 Å². The van der Waals surface area contributed by atoms with Crippen LogP contribution in [0.15, 0.2) is 5.38 Å². The number of hydrogen-bond acceptors (Lipinski definition) is 5. The summed E-state index contributed by atoms with van der Waals surface area (Å²) in [6.45, 7) is 5.97. The minimum atomic E-state index is -3.35. The van der Waals surface area contributed by atoms with Gasteiger partial charge in [-0.3, -0.25) is 0 Å². The first-order valence-electron chi connectivity index (χ1n) is 8.49. The van der Waals surface area contributed by atoms with Crippen LogP contribution in [0.5, 0.6) is 0 Å². The minimum Gasteiger partial charge on any atom is -0.348 e. The number of piperidine rings is 1. The fourth-order valence-electron chi connectivity index (χ4n) is 3.23. The first-order valence-corrected chi connectivity index (χ1v) is 10.8. The molecular formula is C15H26N4O2S2. The highest BCUT2D eigenvalue weighted by atomic mass is 32.2. The summed E-state index contributed by atoms with van der Waals surface area (Å²) in [4.78, 5) is 6.95. The standard InChI is InChI=1S/C15H26N4O2S2/c1-13-5-4-10-19(11-13)23(20,21)16-7-6-14-12-22-15(17-14)18-8-2-3-9-18/h12-13,16H,2-11H2,1H3. The van der Waals surface area contributed by atoms with Gasteiger partial charge in [-0.25, -0.2) is 9.71 Å². The predicted octanol–water partition coefficient (Wildman–Crippen LogP) is 1.85. The molecule has 0 saturated carbocycles. The fourth-order valence-corrected chi connectivity index (χ4v) is 5.51. The molecule has 23 heavy (non-hydrogen) atoms. The molecule has 2 aliphatic rings. The van der Waals surface area contributed by atoms with Crippen molar-refractivity contribution in [1.29, 1.82) is 0 Å². The summed E-state index contributed by atoms with van der Waals surface area (Å²) in [5.41, 5.74) is 0.978. The van der Waals surface area contributed by atoms with Crippen molar-refractivity contribution < 1.29 is 8.42 Å². The van der Waals surface area contributed by atoms with Gasteiger partial charge in [0, 0.05) is 44.5 Å². The average molecular weight is 359 g/mol. The van der Waals surface area contributed by atoms with Crippen molar-refractivity contribution in [2.75, 3.05) is 37.6 Å². The van der Waals surface area contributed by atoms with Gasteiger partial charge >= 0.3 is 0 Å². The molecule has 1 N–H and O–H groups in total. The van der Waals surface area contributed by atoms with Gasteiger partial charge in [0.1, 0.15) is 0 Å². The van der Waals surface area contributed by atoms with Crippen molar-refractivity contribution >= 4 is 26.7 Å². The molecule has 1 aromatic heterocycles. The number of anilines is 1. The third kappa shape index (κ3) is 4.43. The Balaban J connectivity index is 1.48. The zero-order valence-corrected chi connectivity index (χ0v) is 15.3. The van der Waals surface area contributed by atoms with Crippen molar-refractivity contribution in [3.63, 3.8) is 0 Å². The van der Waals surface area contributed by atoms with Crippen molar-refractivity contribution in [2.24, 2.45) is 5.92 Å². The van der Waals surface area contributed by atoms with Gasteiger partial charge in [0.05, 0.1) is 5.69 Å². The molecule has 1 unspecified atom stereocenters. The smallest absolute Gasteiger partial charge is 0.279 e. The summed E-state index contributed by atoms with van der Waals surface area (Å²) in [5.74, 6) is 0.446. The van der Waals surface area contributed by atoms with E-state index in [2.05, 4.69) is 21.5 Å². The van der Waals surface area contributed by atoms with Gasteiger partial charge in [0.25, 0.3) is 10.2 Å². The largest absolute Gasteiger partial charge is 0.348 e. The van der Waals surface area contributed by atoms with Crippen LogP contribution in [-0.2, 0) is 16.6 Å². The number of nitrogens with zero attached hydrogens (tertiary/aromatic N) is 3. The van der Waals surface area contributed by atoms with Crippen LogP contribution in [0.3, 0.4) is 0 Å². The van der Waals surface area contributed by atoms with E-state index in [-0.39, 0.29) is 0 Å². The molecule has 0 aliphatic carbocycles. The van der Waals surface area contributed by atoms with Crippen LogP contribution in [0.1, 0.15) is 38.3 Å². The van der Waals surface area contributed by atoms with Gasteiger partial charge in [0.2, 0.25) is 0 Å². The van der Waals surface area contributed by atoms with E-state index < -0.39 is 10.2 Å². The van der Waals surface area contributed by atoms with Crippen molar-refractivity contribution in [3.05, 3.63) is 11.1 Å². The molecule has 0 aromatic carbocycles. The molecule has 1 aromatic rings. The normalized spacial score (nSPS) is 23.5. The topological polar surface area (TPSA) is 65.5 Å². The lowest BCUT2D eigenvalue weighted by atomic mass is 10.0. The van der Waals surface area contributed by atoms with Gasteiger partial charge in [-0.05, 0) is 31.6 Å². The number of aromatic nitrogens is 1. The molecule has 0 bridgehead atoms. The first-order chi connectivity index (χ1) is 11.0. The molecular weight excluding hydrogens is 332 g/mol. The molecule has 8 heteroatoms. The van der Waals surface area contributed by atoms with Crippen LogP contribution in [-0.4, -0.2) is 50.4 Å². The van der Waals surface area contributed by atoms with Gasteiger partial charge < -0.3 is 4.90 Å². The second-order valence-corrected chi connectivity index (χ2v) is 9.16. The van der Waals surface area contributed by atoms with Crippen molar-refractivity contribution in [3.8, 4) is 0 Å². The lowest BCUT2D eigenvalue weighted by Gasteiger charge is -2.29. The highest BCUT2D eigenvalue weighted by Crippen LogP contribution is 2.24. The summed E-state index contributed by atoms with van der Waals surface area (Å²) < 4.78 is 29.0. The molecule has 0 amide bonds. The van der Waals surface area contributed by atoms with Gasteiger partial charge in [-0.1, -0.05) is 6.92 Å². The minimum absolute atomic E-state index is 0.413. The van der Waals surface area contributed by atoms with Crippen LogP contribution >= 0.6 is 11.3 Å². The SMILES string of the molecule is CC1CCCN(S(=O)(=O)NCCc2csc(N3CCCC3)n2)C1. The van der Waals surface area contributed by atoms with Crippen LogP contribution in [0.4, 0.5) is 5.13 Å². The summed E-state index contributed by atoms with van der Waals surface area (Å²) >= 11 is 1.66. The van der Waals surface area contributed by atoms with Crippen LogP contribution in [0.25, 0.3) is 0 Å². The second-order valence-electron chi connectivity index (χ2n) is 6.57. The maximum atomic E-state index is 12.3. The Morgan fingerprint density at radius 1 is 1.30 bits per heavy atom. The maximum Gasteiger partial charge on any atom is 0.279 e. The Bertz CT molecular complexity index is 611. The third-order valence-electron chi connectivity index (χ3n) is 4.54. The number of hydrogen-bond donors (Lipinski definition) is 1. The molecule has 1 atom stereocenters. The van der Waals surface area contributed by atoms with Gasteiger partial charge in [-0.2, -0.15) is 12.7 Å². The highest BCUT2D eigenvalue weighted by molar-refractivity contribution is 7.87. The molecule has 130 valence electrons. The van der Waals surface area contributed by atoms with E-state index >= 15 is 0 Å². The third-order valence-corrected chi connectivity index (χ3v) is 7.07. The zero-order valence-electron chi connectivity index (χ0n) is 13.7. The van der Waals surface area contributed by atoms with E-state index in [9.17, 15) is 8.42 Å². The van der Waals surface area contributed by atoms with Gasteiger partial charge in [0.15, 0.2) is 5.13 Å². The van der Waals surface area contributed by atoms with Crippen molar-refractivity contribution in [2.45, 2.75) is 39.0 Å². The molecule has 2 fully saturated rings. The van der Waals surface area contributed by atoms with Crippen LogP contribution < -0.4 is 9.62 Å². The monoisotopic (exact) mass is 358 g/mol. The molecule has 6 nitrogen and oxygen atoms in total. The van der Waals surface area contributed by atoms with E-state index in [0.717, 1.165) is 36.8 Å². The van der Waals surface area contributed by atoms with E-state index in [1.165, 1.54) is 12.8 Å². The molecule has 2 aliphatic heterocycles. The molecule has 0 radical (unpaired) electrons. The average Bonchev–Trinajstić information content (AvgIpc) is 3.18. The van der Waals surface area contributed by atoms with E-state index in [1.807, 2.05) is 5.38 Å². The highest BCUT2D eigenvalue weighted by Gasteiger charge is 2.26. The number of rotatable bonds is 6. The van der Waals surface area contributed by atoms with E-state index in [1.54, 1.807) is 15.6 Å². The van der Waals surface area contributed by atoms with Crippen molar-refractivity contribution in [1.82, 2.24) is 14.0 Å². The Hall–Kier alpha value is -0.700. The Morgan fingerprint density at radius 2 is 2.09 bits per heavy atom. The summed E-state index contributed by atoms with van der Waals surface area (Å²) in [7, 11) is -3.35. The first kappa shape index (κ1) is 17.1.